The molecular weight excluding hydrogens is 287 g/mol. The molecule has 2 aromatic rings. The van der Waals surface area contributed by atoms with Crippen LogP contribution in [-0.4, -0.2) is 5.97 Å². The predicted molar refractivity (Wildman–Crippen MR) is 78.2 cm³/mol. The summed E-state index contributed by atoms with van der Waals surface area (Å²) in [5.74, 6) is -0.198. The van der Waals surface area contributed by atoms with Gasteiger partial charge in [0, 0.05) is 0 Å². The van der Waals surface area contributed by atoms with Crippen molar-refractivity contribution in [1.82, 2.24) is 0 Å². The van der Waals surface area contributed by atoms with Crippen LogP contribution in [0.15, 0.2) is 42.5 Å². The standard InChI is InChI=1S/C18H18O3.Na/c19-18(20)15-10-8-13(9-11-15)12-21-17-7-3-5-14-4-1-2-6-16(14)17;/h3,5,7-11H,1-2,4,6,12H2,(H,19,20);/q;+1/p-1. The second-order valence-corrected chi connectivity index (χ2v) is 5.37. The van der Waals surface area contributed by atoms with E-state index in [-0.39, 0.29) is 35.1 Å². The molecule has 0 atom stereocenters. The van der Waals surface area contributed by atoms with Crippen LogP contribution in [0.25, 0.3) is 0 Å². The van der Waals surface area contributed by atoms with E-state index < -0.39 is 5.97 Å². The van der Waals surface area contributed by atoms with Gasteiger partial charge >= 0.3 is 29.6 Å². The minimum absolute atomic E-state index is 0. The Kier molecular flexibility index (Phi) is 6.07. The molecule has 3 rings (SSSR count). The van der Waals surface area contributed by atoms with Crippen LogP contribution < -0.4 is 39.4 Å². The summed E-state index contributed by atoms with van der Waals surface area (Å²) in [4.78, 5) is 10.7. The maximum absolute atomic E-state index is 10.7. The van der Waals surface area contributed by atoms with Gasteiger partial charge < -0.3 is 14.6 Å². The fourth-order valence-electron chi connectivity index (χ4n) is 2.78. The number of rotatable bonds is 4. The predicted octanol–water partition coefficient (Wildman–Crippen LogP) is -0.488. The molecule has 0 N–H and O–H groups in total. The summed E-state index contributed by atoms with van der Waals surface area (Å²) in [6.45, 7) is 0.448. The Morgan fingerprint density at radius 2 is 1.77 bits per heavy atom. The van der Waals surface area contributed by atoms with Crippen molar-refractivity contribution in [2.24, 2.45) is 0 Å². The number of aryl methyl sites for hydroxylation is 1. The minimum atomic E-state index is -1.15. The van der Waals surface area contributed by atoms with Gasteiger partial charge in [-0.05, 0) is 54.0 Å². The van der Waals surface area contributed by atoms with Gasteiger partial charge in [-0.15, -0.1) is 0 Å². The zero-order valence-corrected chi connectivity index (χ0v) is 14.8. The first-order valence-corrected chi connectivity index (χ1v) is 7.28. The van der Waals surface area contributed by atoms with E-state index in [4.69, 9.17) is 4.74 Å². The molecule has 0 saturated carbocycles. The zero-order valence-electron chi connectivity index (χ0n) is 12.8. The normalized spacial score (nSPS) is 12.9. The largest absolute Gasteiger partial charge is 1.00 e. The van der Waals surface area contributed by atoms with Gasteiger partial charge in [-0.1, -0.05) is 36.4 Å². The quantitative estimate of drug-likeness (QED) is 0.717. The summed E-state index contributed by atoms with van der Waals surface area (Å²) in [5.41, 5.74) is 3.87. The van der Waals surface area contributed by atoms with Gasteiger partial charge in [0.15, 0.2) is 0 Å². The van der Waals surface area contributed by atoms with Crippen LogP contribution in [0.3, 0.4) is 0 Å². The van der Waals surface area contributed by atoms with Crippen LogP contribution in [0.2, 0.25) is 0 Å². The molecule has 0 unspecified atom stereocenters. The summed E-state index contributed by atoms with van der Waals surface area (Å²) in [7, 11) is 0. The Balaban J connectivity index is 0.00000176. The third-order valence-electron chi connectivity index (χ3n) is 3.94. The van der Waals surface area contributed by atoms with E-state index in [0.717, 1.165) is 24.2 Å². The molecule has 0 saturated heterocycles. The van der Waals surface area contributed by atoms with Crippen LogP contribution >= 0.6 is 0 Å². The first kappa shape index (κ1) is 17.1. The number of carbonyl (C=O) groups is 1. The topological polar surface area (TPSA) is 49.4 Å². The number of fused-ring (bicyclic) bond motifs is 1. The van der Waals surface area contributed by atoms with E-state index in [1.165, 1.54) is 24.0 Å². The molecule has 0 spiro atoms. The third-order valence-corrected chi connectivity index (χ3v) is 3.94. The number of hydrogen-bond donors (Lipinski definition) is 0. The van der Waals surface area contributed by atoms with E-state index in [1.54, 1.807) is 24.3 Å². The third kappa shape index (κ3) is 3.92. The number of carboxylic acid groups (broad SMARTS) is 1. The van der Waals surface area contributed by atoms with E-state index >= 15 is 0 Å². The molecule has 1 aliphatic carbocycles. The van der Waals surface area contributed by atoms with Crippen LogP contribution in [-0.2, 0) is 19.4 Å². The summed E-state index contributed by atoms with van der Waals surface area (Å²) < 4.78 is 5.93. The molecular formula is C18H17NaO3. The van der Waals surface area contributed by atoms with E-state index in [2.05, 4.69) is 6.07 Å². The zero-order chi connectivity index (χ0) is 14.7. The maximum atomic E-state index is 10.7. The summed E-state index contributed by atoms with van der Waals surface area (Å²) in [5, 5.41) is 10.7. The molecule has 108 valence electrons. The first-order valence-electron chi connectivity index (χ1n) is 7.28. The van der Waals surface area contributed by atoms with Crippen molar-refractivity contribution in [2.45, 2.75) is 32.3 Å². The molecule has 0 fully saturated rings. The Morgan fingerprint density at radius 3 is 2.50 bits per heavy atom. The average Bonchev–Trinajstić information content (AvgIpc) is 2.53. The molecule has 0 amide bonds. The second-order valence-electron chi connectivity index (χ2n) is 5.37. The molecule has 0 radical (unpaired) electrons. The number of carbonyl (C=O) groups excluding carboxylic acids is 1. The second kappa shape index (κ2) is 7.82. The van der Waals surface area contributed by atoms with Gasteiger partial charge in [-0.3, -0.25) is 0 Å². The number of aromatic carboxylic acids is 1. The van der Waals surface area contributed by atoms with Gasteiger partial charge in [-0.2, -0.15) is 0 Å². The van der Waals surface area contributed by atoms with Gasteiger partial charge in [0.2, 0.25) is 0 Å². The van der Waals surface area contributed by atoms with Crippen molar-refractivity contribution in [3.63, 3.8) is 0 Å². The van der Waals surface area contributed by atoms with Crippen molar-refractivity contribution in [3.8, 4) is 5.75 Å². The molecule has 1 aliphatic rings. The van der Waals surface area contributed by atoms with Crippen LogP contribution in [0.5, 0.6) is 5.75 Å². The maximum Gasteiger partial charge on any atom is 1.00 e. The monoisotopic (exact) mass is 304 g/mol. The molecule has 0 heterocycles. The Morgan fingerprint density at radius 1 is 1.05 bits per heavy atom. The molecule has 4 heteroatoms. The number of carboxylic acids is 1. The molecule has 0 aliphatic heterocycles. The fraction of sp³-hybridized carbons (Fsp3) is 0.278. The Hall–Kier alpha value is -1.29. The van der Waals surface area contributed by atoms with E-state index in [1.807, 2.05) is 12.1 Å². The van der Waals surface area contributed by atoms with Gasteiger partial charge in [0.05, 0.1) is 5.97 Å². The minimum Gasteiger partial charge on any atom is -0.545 e. The molecule has 0 aromatic heterocycles. The molecule has 3 nitrogen and oxygen atoms in total. The van der Waals surface area contributed by atoms with Crippen LogP contribution in [0.1, 0.15) is 39.9 Å². The smallest absolute Gasteiger partial charge is 0.545 e. The van der Waals surface area contributed by atoms with Gasteiger partial charge in [0.1, 0.15) is 12.4 Å². The number of hydrogen-bond acceptors (Lipinski definition) is 3. The SMILES string of the molecule is O=C([O-])c1ccc(COc2cccc3c2CCCC3)cc1.[Na+]. The van der Waals surface area contributed by atoms with Gasteiger partial charge in [0.25, 0.3) is 0 Å². The van der Waals surface area contributed by atoms with Crippen molar-refractivity contribution < 1.29 is 44.2 Å². The van der Waals surface area contributed by atoms with Crippen molar-refractivity contribution in [1.29, 1.82) is 0 Å². The average molecular weight is 304 g/mol. The molecule has 0 bridgehead atoms. The number of benzene rings is 2. The van der Waals surface area contributed by atoms with Crippen LogP contribution in [0.4, 0.5) is 0 Å². The van der Waals surface area contributed by atoms with Crippen molar-refractivity contribution in [2.75, 3.05) is 0 Å². The Bertz CT molecular complexity index is 650. The van der Waals surface area contributed by atoms with Crippen molar-refractivity contribution >= 4 is 5.97 Å². The Labute approximate surface area is 152 Å². The summed E-state index contributed by atoms with van der Waals surface area (Å²) >= 11 is 0. The van der Waals surface area contributed by atoms with E-state index in [9.17, 15) is 9.90 Å². The van der Waals surface area contributed by atoms with Gasteiger partial charge in [-0.25, -0.2) is 0 Å². The fourth-order valence-corrected chi connectivity index (χ4v) is 2.78. The number of ether oxygens (including phenoxy) is 1. The summed E-state index contributed by atoms with van der Waals surface area (Å²) in [6.07, 6.45) is 4.68. The molecule has 22 heavy (non-hydrogen) atoms. The van der Waals surface area contributed by atoms with Crippen molar-refractivity contribution in [3.05, 3.63) is 64.7 Å². The van der Waals surface area contributed by atoms with E-state index in [0.29, 0.717) is 6.61 Å². The summed E-state index contributed by atoms with van der Waals surface area (Å²) in [6, 6.07) is 12.9. The first-order chi connectivity index (χ1) is 10.2. The van der Waals surface area contributed by atoms with Crippen LogP contribution in [0, 0.1) is 0 Å². The molecule has 2 aromatic carbocycles.